The van der Waals surface area contributed by atoms with Crippen molar-refractivity contribution in [3.05, 3.63) is 145 Å². The summed E-state index contributed by atoms with van der Waals surface area (Å²) in [6.07, 6.45) is 5.08. The molecule has 32 nitrogen and oxygen atoms in total. The van der Waals surface area contributed by atoms with E-state index in [1.165, 1.54) is 19.6 Å². The summed E-state index contributed by atoms with van der Waals surface area (Å²) < 4.78 is 0. The van der Waals surface area contributed by atoms with Crippen LogP contribution in [-0.4, -0.2) is 158 Å². The minimum absolute atomic E-state index is 0. The Morgan fingerprint density at radius 3 is 0.912 bits per heavy atom. The predicted octanol–water partition coefficient (Wildman–Crippen LogP) is 2.68. The van der Waals surface area contributed by atoms with Gasteiger partial charge in [0.05, 0.1) is 0 Å². The van der Waals surface area contributed by atoms with Gasteiger partial charge in [-0.15, -0.1) is 0 Å². The number of piperidine rings is 4. The SMILES string of the molecule is CCCCNC(=O)NCc1ccc2c(c1)C(=O)N(C1CCC(=O)NC1=O)C2.CCCNC(=O)NCc1ccc2c(c1)C(=O)N(C1CCC(=O)NC1=O)C2.CCNC(=O)NCc1ccc2c(c1)C(=O)N(C1CCC(=O)NC1=O)C2.[NH-]C(=O)NCc1ccc2c(c1)C(=O)N(C1CCC(=O)NC1=O)C2.[W]. The molecule has 4 fully saturated rings. The first-order chi connectivity index (χ1) is 48.4. The van der Waals surface area contributed by atoms with E-state index in [0.29, 0.717) is 119 Å². The van der Waals surface area contributed by atoms with Crippen LogP contribution in [0.25, 0.3) is 5.73 Å². The van der Waals surface area contributed by atoms with Crippen molar-refractivity contribution in [2.75, 3.05) is 19.6 Å². The number of hydrogen-bond donors (Lipinski definition) is 11. The van der Waals surface area contributed by atoms with E-state index < -0.39 is 53.8 Å². The molecule has 4 unspecified atom stereocenters. The third-order valence-corrected chi connectivity index (χ3v) is 17.9. The third-order valence-electron chi connectivity index (χ3n) is 17.9. The van der Waals surface area contributed by atoms with Gasteiger partial charge in [0, 0.05) is 134 Å². The summed E-state index contributed by atoms with van der Waals surface area (Å²) in [5.41, 5.74) is 15.4. The van der Waals surface area contributed by atoms with Gasteiger partial charge >= 0.3 is 18.1 Å². The van der Waals surface area contributed by atoms with Crippen LogP contribution in [0.3, 0.4) is 0 Å². The molecule has 540 valence electrons. The smallest absolute Gasteiger partial charge is 0.315 e. The fourth-order valence-corrected chi connectivity index (χ4v) is 12.5. The summed E-state index contributed by atoms with van der Waals surface area (Å²) in [6, 6.07) is 17.5. The maximum Gasteiger partial charge on any atom is 0.315 e. The Labute approximate surface area is 600 Å². The van der Waals surface area contributed by atoms with Crippen LogP contribution < -0.4 is 58.5 Å². The van der Waals surface area contributed by atoms with Crippen molar-refractivity contribution in [2.45, 2.75) is 168 Å². The number of rotatable bonds is 18. The Morgan fingerprint density at radius 2 is 0.657 bits per heavy atom. The Balaban J connectivity index is 0.000000172. The Morgan fingerprint density at radius 1 is 0.382 bits per heavy atom. The Bertz CT molecular complexity index is 4020. The summed E-state index contributed by atoms with van der Waals surface area (Å²) >= 11 is 0. The fraction of sp³-hybridized carbons (Fsp3) is 0.420. The zero-order valence-corrected chi connectivity index (χ0v) is 59.5. The van der Waals surface area contributed by atoms with Crippen LogP contribution in [0.1, 0.15) is 177 Å². The molecule has 12 rings (SSSR count). The standard InChI is InChI=1S/C19H24N4O4.C18H22N4O4.C17H20N4O4.C15H16N4O4.W/c1-2-3-8-20-19(27)21-10-12-4-5-13-11-23(18(26)14(13)9-12)15-6-7-16(24)22-17(15)25;1-2-7-19-18(26)20-9-11-3-4-12-10-22(17(25)13(12)8-11)14-5-6-15(23)21-16(14)24;1-2-18-17(25)19-8-10-3-4-11-9-21(16(24)12(11)7-10)13-5-6-14(22)20-15(13)23;16-15(23)17-6-8-1-2-9-7-19(14(22)10(9)5-8)11-3-4-12(20)18-13(11)21;/h4-5,9,15H,2-3,6-8,10-11H2,1H3,(H2,20,21,27)(H,22,24,25);3-4,8,14H,2,5-7,9-10H2,1H3,(H2,19,20,26)(H,21,23,24);3-4,7,13H,2,5-6,8-9H2,1H3,(H2,18,19,25)(H,20,22,23);1-2,5,11H,3-4,6-7H2,(H4,16,17,18,20,21,23);/p-1. The van der Waals surface area contributed by atoms with Crippen LogP contribution in [-0.2, 0) is 112 Å². The fourth-order valence-electron chi connectivity index (χ4n) is 12.5. The van der Waals surface area contributed by atoms with Crippen molar-refractivity contribution in [3.63, 3.8) is 0 Å². The number of hydrogen-bond acceptors (Lipinski definition) is 16. The number of carbonyl (C=O) groups is 16. The number of benzene rings is 4. The maximum atomic E-state index is 12.7. The monoisotopic (exact) mass is 1570 g/mol. The molecule has 8 heterocycles. The molecule has 0 radical (unpaired) electrons. The van der Waals surface area contributed by atoms with Crippen LogP contribution in [0.2, 0.25) is 0 Å². The minimum Gasteiger partial charge on any atom is -0.447 e. The molecule has 0 saturated carbocycles. The zero-order chi connectivity index (χ0) is 72.6. The number of urea groups is 4. The van der Waals surface area contributed by atoms with Gasteiger partial charge in [-0.2, -0.15) is 0 Å². The zero-order valence-electron chi connectivity index (χ0n) is 56.5. The molecule has 4 atom stereocenters. The molecule has 102 heavy (non-hydrogen) atoms. The molecule has 20 amide bonds. The molecule has 0 aromatic heterocycles. The molecule has 12 N–H and O–H groups in total. The van der Waals surface area contributed by atoms with Gasteiger partial charge < -0.3 is 62.6 Å². The quantitative estimate of drug-likeness (QED) is 0.0504. The molecule has 0 aliphatic carbocycles. The molecule has 8 aliphatic rings. The topological polar surface area (TPSA) is 442 Å². The number of imide groups is 4. The van der Waals surface area contributed by atoms with Crippen molar-refractivity contribution in [1.82, 2.24) is 78.1 Å². The molecule has 0 bridgehead atoms. The number of unbranched alkanes of at least 4 members (excludes halogenated alkanes) is 1. The number of amides is 20. The Kier molecular flexibility index (Phi) is 26.7. The predicted molar refractivity (Wildman–Crippen MR) is 358 cm³/mol. The third kappa shape index (κ3) is 19.3. The number of nitrogens with zero attached hydrogens (tertiary/aromatic N) is 4. The largest absolute Gasteiger partial charge is 0.447 e. The van der Waals surface area contributed by atoms with Crippen molar-refractivity contribution >= 4 is 95.0 Å². The van der Waals surface area contributed by atoms with Gasteiger partial charge in [-0.25, -0.2) is 14.4 Å². The average Bonchev–Trinajstić information content (AvgIpc) is 1.65. The van der Waals surface area contributed by atoms with E-state index in [4.69, 9.17) is 5.73 Å². The normalized spacial score (nSPS) is 19.2. The summed E-state index contributed by atoms with van der Waals surface area (Å²) in [5.74, 6) is -3.82. The molecular formula is C69H81N16O16W-. The number of nitrogens with one attached hydrogen (secondary N) is 12. The van der Waals surface area contributed by atoms with Crippen molar-refractivity contribution < 1.29 is 97.8 Å². The molecule has 4 aromatic rings. The van der Waals surface area contributed by atoms with Crippen LogP contribution in [0.4, 0.5) is 19.2 Å². The van der Waals surface area contributed by atoms with Gasteiger partial charge in [0.15, 0.2) is 0 Å². The van der Waals surface area contributed by atoms with Crippen molar-refractivity contribution in [2.24, 2.45) is 0 Å². The summed E-state index contributed by atoms with van der Waals surface area (Å²) in [7, 11) is 0. The second-order valence-electron chi connectivity index (χ2n) is 25.0. The Hall–Kier alpha value is -10.9. The second-order valence-corrected chi connectivity index (χ2v) is 25.0. The van der Waals surface area contributed by atoms with E-state index >= 15 is 0 Å². The molecule has 8 aliphatic heterocycles. The minimum atomic E-state index is -0.887. The van der Waals surface area contributed by atoms with Gasteiger partial charge in [0.25, 0.3) is 23.6 Å². The van der Waals surface area contributed by atoms with Gasteiger partial charge in [0.1, 0.15) is 30.2 Å². The van der Waals surface area contributed by atoms with E-state index in [-0.39, 0.29) is 119 Å². The van der Waals surface area contributed by atoms with Crippen LogP contribution in [0.15, 0.2) is 72.8 Å². The molecule has 33 heteroatoms. The second kappa shape index (κ2) is 35.4. The summed E-state index contributed by atoms with van der Waals surface area (Å²) in [6.45, 7) is 10.1. The van der Waals surface area contributed by atoms with Gasteiger partial charge in [-0.05, 0) is 121 Å². The summed E-state index contributed by atoms with van der Waals surface area (Å²) in [4.78, 5) is 195. The number of carbonyl (C=O) groups excluding carboxylic acids is 16. The molecular weight excluding hydrogens is 1490 g/mol. The van der Waals surface area contributed by atoms with Gasteiger partial charge in [-0.1, -0.05) is 68.8 Å². The first kappa shape index (κ1) is 76.8. The van der Waals surface area contributed by atoms with E-state index in [0.717, 1.165) is 58.2 Å². The van der Waals surface area contributed by atoms with E-state index in [9.17, 15) is 76.7 Å². The summed E-state index contributed by atoms with van der Waals surface area (Å²) in [5, 5.41) is 27.9. The average molecular weight is 1570 g/mol. The van der Waals surface area contributed by atoms with Crippen LogP contribution >= 0.6 is 0 Å². The van der Waals surface area contributed by atoms with E-state index in [2.05, 4.69) is 65.4 Å². The van der Waals surface area contributed by atoms with Crippen LogP contribution in [0.5, 0.6) is 0 Å². The van der Waals surface area contributed by atoms with Crippen molar-refractivity contribution in [3.8, 4) is 0 Å². The van der Waals surface area contributed by atoms with E-state index in [1.807, 2.05) is 50.2 Å². The first-order valence-electron chi connectivity index (χ1n) is 33.5. The molecule has 4 aromatic carbocycles. The van der Waals surface area contributed by atoms with E-state index in [1.54, 1.807) is 36.4 Å². The molecule has 0 spiro atoms. The molecule has 4 saturated heterocycles. The first-order valence-corrected chi connectivity index (χ1v) is 33.5. The van der Waals surface area contributed by atoms with Crippen LogP contribution in [0, 0.1) is 0 Å². The van der Waals surface area contributed by atoms with Crippen molar-refractivity contribution in [1.29, 1.82) is 0 Å². The number of fused-ring (bicyclic) bond motifs is 4. The van der Waals surface area contributed by atoms with Gasteiger partial charge in [0.2, 0.25) is 47.3 Å². The maximum absolute atomic E-state index is 12.7. The van der Waals surface area contributed by atoms with Gasteiger partial charge in [-0.3, -0.25) is 83.6 Å².